The van der Waals surface area contributed by atoms with Crippen LogP contribution >= 0.6 is 0 Å². The van der Waals surface area contributed by atoms with Gasteiger partial charge in [-0.15, -0.1) is 0 Å². The van der Waals surface area contributed by atoms with Crippen molar-refractivity contribution < 1.29 is 0 Å². The Morgan fingerprint density at radius 2 is 1.11 bits per heavy atom. The highest BCUT2D eigenvalue weighted by atomic mass is 14.2. The minimum absolute atomic E-state index is 0.959. The van der Waals surface area contributed by atoms with Gasteiger partial charge in [0, 0.05) is 0 Å². The predicted molar refractivity (Wildman–Crippen MR) is 82.9 cm³/mol. The first-order chi connectivity index (χ1) is 9.35. The van der Waals surface area contributed by atoms with Crippen LogP contribution in [0, 0.1) is 0 Å². The van der Waals surface area contributed by atoms with Crippen molar-refractivity contribution in [1.29, 1.82) is 0 Å². The molecule has 0 amide bonds. The molecule has 0 radical (unpaired) electrons. The predicted octanol–water partition coefficient (Wildman–Crippen LogP) is 4.87. The molecule has 2 aromatic rings. The Labute approximate surface area is 114 Å². The minimum Gasteiger partial charge on any atom is -0.0984 e. The van der Waals surface area contributed by atoms with Crippen molar-refractivity contribution in [3.8, 4) is 0 Å². The van der Waals surface area contributed by atoms with Gasteiger partial charge in [-0.2, -0.15) is 0 Å². The summed E-state index contributed by atoms with van der Waals surface area (Å²) in [6, 6.07) is 17.1. The van der Waals surface area contributed by atoms with Crippen LogP contribution in [-0.4, -0.2) is 0 Å². The van der Waals surface area contributed by atoms with Gasteiger partial charge in [0.1, 0.15) is 0 Å². The van der Waals surface area contributed by atoms with E-state index in [0.29, 0.717) is 0 Å². The molecule has 3 rings (SSSR count). The molecule has 0 heterocycles. The van der Waals surface area contributed by atoms with Crippen molar-refractivity contribution in [1.82, 2.24) is 0 Å². The normalized spacial score (nSPS) is 13.3. The lowest BCUT2D eigenvalue weighted by molar-refractivity contribution is 1.18. The van der Waals surface area contributed by atoms with Crippen molar-refractivity contribution in [3.05, 3.63) is 96.1 Å². The van der Waals surface area contributed by atoms with Crippen LogP contribution in [0.1, 0.15) is 22.3 Å². The minimum atomic E-state index is 0.959. The maximum absolute atomic E-state index is 3.99. The maximum atomic E-state index is 3.99. The van der Waals surface area contributed by atoms with E-state index in [4.69, 9.17) is 0 Å². The summed E-state index contributed by atoms with van der Waals surface area (Å²) in [6.07, 6.45) is 4.84. The van der Waals surface area contributed by atoms with E-state index in [-0.39, 0.29) is 0 Å². The van der Waals surface area contributed by atoms with Crippen LogP contribution in [-0.2, 0) is 6.42 Å². The Morgan fingerprint density at radius 3 is 1.53 bits per heavy atom. The zero-order valence-electron chi connectivity index (χ0n) is 10.9. The van der Waals surface area contributed by atoms with E-state index in [1.165, 1.54) is 33.4 Å². The van der Waals surface area contributed by atoms with E-state index in [2.05, 4.69) is 61.7 Å². The molecule has 0 aliphatic heterocycles. The fraction of sp³-hybridized carbons (Fsp3) is 0.0526. The van der Waals surface area contributed by atoms with Crippen molar-refractivity contribution in [2.45, 2.75) is 6.42 Å². The van der Waals surface area contributed by atoms with E-state index >= 15 is 0 Å². The molecule has 0 aromatic heterocycles. The zero-order chi connectivity index (χ0) is 13.2. The molecule has 1 aliphatic rings. The Hall–Kier alpha value is -2.34. The Morgan fingerprint density at radius 1 is 0.684 bits per heavy atom. The molecule has 0 atom stereocenters. The number of allylic oxidation sites excluding steroid dienone is 4. The highest BCUT2D eigenvalue weighted by Crippen LogP contribution is 2.36. The van der Waals surface area contributed by atoms with E-state index in [1.807, 2.05) is 12.2 Å². The van der Waals surface area contributed by atoms with Gasteiger partial charge in [-0.05, 0) is 39.8 Å². The number of hydrogen-bond donors (Lipinski definition) is 0. The van der Waals surface area contributed by atoms with E-state index in [1.54, 1.807) is 0 Å². The molecular weight excluding hydrogens is 228 g/mol. The van der Waals surface area contributed by atoms with Gasteiger partial charge in [-0.25, -0.2) is 0 Å². The van der Waals surface area contributed by atoms with Crippen molar-refractivity contribution in [2.75, 3.05) is 0 Å². The van der Waals surface area contributed by atoms with Gasteiger partial charge >= 0.3 is 0 Å². The summed E-state index contributed by atoms with van der Waals surface area (Å²) in [5.74, 6) is 0. The van der Waals surface area contributed by atoms with Crippen LogP contribution < -0.4 is 0 Å². The summed E-state index contributed by atoms with van der Waals surface area (Å²) >= 11 is 0. The van der Waals surface area contributed by atoms with Crippen LogP contribution in [0.3, 0.4) is 0 Å². The monoisotopic (exact) mass is 244 g/mol. The van der Waals surface area contributed by atoms with Gasteiger partial charge in [-0.3, -0.25) is 0 Å². The van der Waals surface area contributed by atoms with Crippen molar-refractivity contribution in [3.63, 3.8) is 0 Å². The van der Waals surface area contributed by atoms with Crippen LogP contribution in [0.4, 0.5) is 0 Å². The summed E-state index contributed by atoms with van der Waals surface area (Å²) in [7, 11) is 0. The Kier molecular flexibility index (Phi) is 2.92. The maximum Gasteiger partial charge on any atom is -0.00135 e. The standard InChI is InChI=1S/C19H16/c1-3-16-17(4-2)19-12-8-6-10-15(19)13-14-9-5-7-11-18(14)16/h3-12H,1-2,13H2. The lowest BCUT2D eigenvalue weighted by Gasteiger charge is -2.09. The second-order valence-electron chi connectivity index (χ2n) is 4.73. The first-order valence-corrected chi connectivity index (χ1v) is 6.51. The van der Waals surface area contributed by atoms with E-state index < -0.39 is 0 Å². The van der Waals surface area contributed by atoms with Gasteiger partial charge in [0.05, 0.1) is 0 Å². The lowest BCUT2D eigenvalue weighted by Crippen LogP contribution is -1.92. The van der Waals surface area contributed by atoms with Crippen LogP contribution in [0.15, 0.2) is 73.8 Å². The van der Waals surface area contributed by atoms with Gasteiger partial charge in [-0.1, -0.05) is 73.8 Å². The molecule has 0 unspecified atom stereocenters. The number of fused-ring (bicyclic) bond motifs is 2. The zero-order valence-corrected chi connectivity index (χ0v) is 10.9. The molecule has 0 spiro atoms. The molecule has 19 heavy (non-hydrogen) atoms. The van der Waals surface area contributed by atoms with Gasteiger partial charge < -0.3 is 0 Å². The highest BCUT2D eigenvalue weighted by Gasteiger charge is 2.17. The smallest absolute Gasteiger partial charge is 0.00135 e. The molecular formula is C19H16. The molecule has 0 saturated heterocycles. The lowest BCUT2D eigenvalue weighted by atomic mass is 9.95. The van der Waals surface area contributed by atoms with Crippen molar-refractivity contribution in [2.24, 2.45) is 0 Å². The summed E-state index contributed by atoms with van der Waals surface area (Å²) < 4.78 is 0. The van der Waals surface area contributed by atoms with E-state index in [9.17, 15) is 0 Å². The molecule has 92 valence electrons. The van der Waals surface area contributed by atoms with Crippen LogP contribution in [0.25, 0.3) is 11.1 Å². The first kappa shape index (κ1) is 11.7. The van der Waals surface area contributed by atoms with E-state index in [0.717, 1.165) is 6.42 Å². The third-order valence-electron chi connectivity index (χ3n) is 3.69. The largest absolute Gasteiger partial charge is 0.0984 e. The number of hydrogen-bond acceptors (Lipinski definition) is 0. The molecule has 0 heteroatoms. The Bertz CT molecular complexity index is 627. The quantitative estimate of drug-likeness (QED) is 0.706. The van der Waals surface area contributed by atoms with Gasteiger partial charge in [0.2, 0.25) is 0 Å². The molecule has 0 N–H and O–H groups in total. The second-order valence-corrected chi connectivity index (χ2v) is 4.73. The molecule has 1 aliphatic carbocycles. The molecule has 0 saturated carbocycles. The van der Waals surface area contributed by atoms with Crippen LogP contribution in [0.2, 0.25) is 0 Å². The van der Waals surface area contributed by atoms with Gasteiger partial charge in [0.15, 0.2) is 0 Å². The summed E-state index contributed by atoms with van der Waals surface area (Å²) in [4.78, 5) is 0. The highest BCUT2D eigenvalue weighted by molar-refractivity contribution is 6.01. The van der Waals surface area contributed by atoms with Gasteiger partial charge in [0.25, 0.3) is 0 Å². The number of benzene rings is 2. The summed E-state index contributed by atoms with van der Waals surface area (Å²) in [5.41, 5.74) is 7.58. The third kappa shape index (κ3) is 1.86. The average Bonchev–Trinajstić information content (AvgIpc) is 2.60. The summed E-state index contributed by atoms with van der Waals surface area (Å²) in [5, 5.41) is 0. The average molecular weight is 244 g/mol. The third-order valence-corrected chi connectivity index (χ3v) is 3.69. The summed E-state index contributed by atoms with van der Waals surface area (Å²) in [6.45, 7) is 7.98. The Balaban J connectivity index is 2.40. The molecule has 0 bridgehead atoms. The first-order valence-electron chi connectivity index (χ1n) is 6.51. The second kappa shape index (κ2) is 4.74. The fourth-order valence-electron chi connectivity index (χ4n) is 2.81. The van der Waals surface area contributed by atoms with Crippen molar-refractivity contribution >= 4 is 11.1 Å². The number of rotatable bonds is 2. The SMILES string of the molecule is C=CC1=C(C=C)c2ccccc2Cc2ccccc21. The van der Waals surface area contributed by atoms with Crippen LogP contribution in [0.5, 0.6) is 0 Å². The fourth-order valence-corrected chi connectivity index (χ4v) is 2.81. The molecule has 0 nitrogen and oxygen atoms in total. The topological polar surface area (TPSA) is 0 Å². The molecule has 2 aromatic carbocycles. The molecule has 0 fully saturated rings.